The molecule has 1 aliphatic rings. The highest BCUT2D eigenvalue weighted by molar-refractivity contribution is 7.91. The van der Waals surface area contributed by atoms with Gasteiger partial charge in [0.1, 0.15) is 4.21 Å². The van der Waals surface area contributed by atoms with E-state index in [4.69, 9.17) is 5.14 Å². The Morgan fingerprint density at radius 1 is 1.33 bits per heavy atom. The van der Waals surface area contributed by atoms with Crippen molar-refractivity contribution in [2.24, 2.45) is 5.14 Å². The molecule has 84 valence electrons. The van der Waals surface area contributed by atoms with Crippen molar-refractivity contribution in [1.29, 1.82) is 0 Å². The van der Waals surface area contributed by atoms with E-state index in [2.05, 4.69) is 10.2 Å². The Labute approximate surface area is 92.9 Å². The molecule has 0 saturated carbocycles. The number of nitrogens with zero attached hydrogens (tertiary/aromatic N) is 1. The first-order valence-corrected chi connectivity index (χ1v) is 7.02. The molecule has 0 bridgehead atoms. The Morgan fingerprint density at radius 2 is 2.00 bits per heavy atom. The van der Waals surface area contributed by atoms with Gasteiger partial charge in [0.25, 0.3) is 0 Å². The van der Waals surface area contributed by atoms with Gasteiger partial charge in [-0.2, -0.15) is 0 Å². The Bertz CT molecular complexity index is 434. The van der Waals surface area contributed by atoms with Gasteiger partial charge in [0.2, 0.25) is 10.0 Å². The van der Waals surface area contributed by atoms with Gasteiger partial charge >= 0.3 is 0 Å². The molecule has 0 atom stereocenters. The fraction of sp³-hybridized carbons (Fsp3) is 0.500. The number of hydrogen-bond acceptors (Lipinski definition) is 5. The van der Waals surface area contributed by atoms with Crippen molar-refractivity contribution < 1.29 is 8.42 Å². The van der Waals surface area contributed by atoms with Crippen molar-refractivity contribution in [2.45, 2.75) is 4.21 Å². The van der Waals surface area contributed by atoms with E-state index in [0.717, 1.165) is 31.2 Å². The lowest BCUT2D eigenvalue weighted by Gasteiger charge is -2.27. The second-order valence-electron chi connectivity index (χ2n) is 3.37. The lowest BCUT2D eigenvalue weighted by Crippen LogP contribution is -2.43. The number of sulfonamides is 1. The fourth-order valence-electron chi connectivity index (χ4n) is 1.52. The van der Waals surface area contributed by atoms with Crippen LogP contribution < -0.4 is 15.4 Å². The minimum Gasteiger partial charge on any atom is -0.361 e. The number of rotatable bonds is 2. The zero-order valence-electron chi connectivity index (χ0n) is 8.14. The lowest BCUT2D eigenvalue weighted by molar-refractivity contribution is 0.592. The van der Waals surface area contributed by atoms with Gasteiger partial charge in [0, 0.05) is 26.2 Å². The molecule has 3 N–H and O–H groups in total. The Kier molecular flexibility index (Phi) is 2.96. The molecular formula is C8H13N3O2S2. The van der Waals surface area contributed by atoms with Gasteiger partial charge in [-0.05, 0) is 12.1 Å². The zero-order chi connectivity index (χ0) is 10.9. The molecule has 5 nitrogen and oxygen atoms in total. The minimum atomic E-state index is -3.54. The van der Waals surface area contributed by atoms with E-state index >= 15 is 0 Å². The number of hydrogen-bond donors (Lipinski definition) is 2. The molecule has 7 heteroatoms. The molecule has 1 aromatic rings. The van der Waals surface area contributed by atoms with Crippen molar-refractivity contribution in [3.63, 3.8) is 0 Å². The largest absolute Gasteiger partial charge is 0.361 e. The van der Waals surface area contributed by atoms with E-state index in [0.29, 0.717) is 0 Å². The number of primary sulfonamides is 1. The maximum atomic E-state index is 11.1. The van der Waals surface area contributed by atoms with Crippen molar-refractivity contribution in [3.05, 3.63) is 12.1 Å². The second-order valence-corrected chi connectivity index (χ2v) is 6.23. The summed E-state index contributed by atoms with van der Waals surface area (Å²) in [4.78, 5) is 2.16. The van der Waals surface area contributed by atoms with Gasteiger partial charge < -0.3 is 10.2 Å². The van der Waals surface area contributed by atoms with Crippen LogP contribution in [0.4, 0.5) is 5.00 Å². The monoisotopic (exact) mass is 247 g/mol. The van der Waals surface area contributed by atoms with Crippen LogP contribution in [0.1, 0.15) is 0 Å². The van der Waals surface area contributed by atoms with E-state index in [1.165, 1.54) is 11.3 Å². The fourth-order valence-corrected chi connectivity index (χ4v) is 3.29. The summed E-state index contributed by atoms with van der Waals surface area (Å²) < 4.78 is 22.4. The third-order valence-corrected chi connectivity index (χ3v) is 4.86. The molecule has 1 aromatic heterocycles. The molecule has 1 saturated heterocycles. The maximum absolute atomic E-state index is 11.1. The summed E-state index contributed by atoms with van der Waals surface area (Å²) >= 11 is 1.23. The first kappa shape index (κ1) is 10.9. The Balaban J connectivity index is 2.19. The van der Waals surface area contributed by atoms with E-state index in [9.17, 15) is 8.42 Å². The maximum Gasteiger partial charge on any atom is 0.247 e. The van der Waals surface area contributed by atoms with Crippen molar-refractivity contribution in [3.8, 4) is 0 Å². The molecule has 0 amide bonds. The lowest BCUT2D eigenvalue weighted by atomic mass is 10.4. The number of thiophene rings is 1. The third kappa shape index (κ3) is 2.49. The Hall–Kier alpha value is -0.630. The van der Waals surface area contributed by atoms with E-state index in [1.54, 1.807) is 6.07 Å². The van der Waals surface area contributed by atoms with Gasteiger partial charge in [-0.25, -0.2) is 13.6 Å². The standard InChI is InChI=1S/C8H13N3O2S2/c9-15(12,13)8-2-1-7(14-8)11-5-3-10-4-6-11/h1-2,10H,3-6H2,(H2,9,12,13). The van der Waals surface area contributed by atoms with Gasteiger partial charge in [-0.3, -0.25) is 0 Å². The summed E-state index contributed by atoms with van der Waals surface area (Å²) in [7, 11) is -3.54. The van der Waals surface area contributed by atoms with Crippen LogP contribution >= 0.6 is 11.3 Å². The van der Waals surface area contributed by atoms with E-state index in [1.807, 2.05) is 6.07 Å². The SMILES string of the molecule is NS(=O)(=O)c1ccc(N2CCNCC2)s1. The molecule has 1 fully saturated rings. The van der Waals surface area contributed by atoms with E-state index < -0.39 is 10.0 Å². The van der Waals surface area contributed by atoms with Crippen LogP contribution in [-0.2, 0) is 10.0 Å². The average Bonchev–Trinajstić information content (AvgIpc) is 2.67. The smallest absolute Gasteiger partial charge is 0.247 e. The molecule has 0 unspecified atom stereocenters. The quantitative estimate of drug-likeness (QED) is 0.759. The summed E-state index contributed by atoms with van der Waals surface area (Å²) in [5.41, 5.74) is 0. The van der Waals surface area contributed by atoms with Crippen LogP contribution in [0.25, 0.3) is 0 Å². The highest BCUT2D eigenvalue weighted by Crippen LogP contribution is 2.28. The number of piperazine rings is 1. The summed E-state index contributed by atoms with van der Waals surface area (Å²) in [5.74, 6) is 0. The molecule has 0 radical (unpaired) electrons. The predicted molar refractivity (Wildman–Crippen MR) is 60.8 cm³/mol. The van der Waals surface area contributed by atoms with Gasteiger partial charge in [-0.15, -0.1) is 11.3 Å². The van der Waals surface area contributed by atoms with Crippen molar-refractivity contribution in [1.82, 2.24) is 5.32 Å². The summed E-state index contributed by atoms with van der Waals surface area (Å²) in [6.45, 7) is 3.68. The van der Waals surface area contributed by atoms with Crippen LogP contribution in [0.5, 0.6) is 0 Å². The highest BCUT2D eigenvalue weighted by atomic mass is 32.2. The Morgan fingerprint density at radius 3 is 2.53 bits per heavy atom. The van der Waals surface area contributed by atoms with Gasteiger partial charge in [0.05, 0.1) is 5.00 Å². The molecule has 0 spiro atoms. The highest BCUT2D eigenvalue weighted by Gasteiger charge is 2.16. The molecule has 2 rings (SSSR count). The molecule has 0 aromatic carbocycles. The summed E-state index contributed by atoms with van der Waals surface area (Å²) in [5, 5.41) is 9.27. The van der Waals surface area contributed by atoms with Crippen LogP contribution in [-0.4, -0.2) is 34.6 Å². The average molecular weight is 247 g/mol. The summed E-state index contributed by atoms with van der Waals surface area (Å²) in [6.07, 6.45) is 0. The van der Waals surface area contributed by atoms with Gasteiger partial charge in [0.15, 0.2) is 0 Å². The normalized spacial score (nSPS) is 18.1. The topological polar surface area (TPSA) is 75.4 Å². The first-order valence-electron chi connectivity index (χ1n) is 4.66. The third-order valence-electron chi connectivity index (χ3n) is 2.28. The molecule has 1 aliphatic heterocycles. The molecule has 2 heterocycles. The van der Waals surface area contributed by atoms with Crippen molar-refractivity contribution in [2.75, 3.05) is 31.1 Å². The zero-order valence-corrected chi connectivity index (χ0v) is 9.77. The first-order chi connectivity index (χ1) is 7.07. The number of nitrogens with one attached hydrogen (secondary N) is 1. The number of anilines is 1. The predicted octanol–water partition coefficient (Wildman–Crippen LogP) is -0.195. The second kappa shape index (κ2) is 4.09. The van der Waals surface area contributed by atoms with Crippen LogP contribution in [0.2, 0.25) is 0 Å². The summed E-state index contributed by atoms with van der Waals surface area (Å²) in [6, 6.07) is 3.38. The van der Waals surface area contributed by atoms with Crippen LogP contribution in [0.15, 0.2) is 16.3 Å². The van der Waals surface area contributed by atoms with Crippen molar-refractivity contribution >= 4 is 26.4 Å². The molecule has 0 aliphatic carbocycles. The van der Waals surface area contributed by atoms with Gasteiger partial charge in [-0.1, -0.05) is 0 Å². The van der Waals surface area contributed by atoms with Crippen LogP contribution in [0.3, 0.4) is 0 Å². The van der Waals surface area contributed by atoms with Crippen LogP contribution in [0, 0.1) is 0 Å². The minimum absolute atomic E-state index is 0.232. The van der Waals surface area contributed by atoms with E-state index in [-0.39, 0.29) is 4.21 Å². The molecular weight excluding hydrogens is 234 g/mol. The molecule has 15 heavy (non-hydrogen) atoms. The number of nitrogens with two attached hydrogens (primary N) is 1.